The number of aliphatic hydroxyl groups is 7. The zero-order valence-corrected chi connectivity index (χ0v) is 37.1. The van der Waals surface area contributed by atoms with Gasteiger partial charge in [0, 0.05) is 44.5 Å². The highest BCUT2D eigenvalue weighted by Gasteiger charge is 2.49. The van der Waals surface area contributed by atoms with E-state index in [1.54, 1.807) is 13.0 Å². The first-order valence-electron chi connectivity index (χ1n) is 24.0. The molecule has 2 aromatic carbocycles. The summed E-state index contributed by atoms with van der Waals surface area (Å²) in [5.74, 6) is 3.98. The van der Waals surface area contributed by atoms with Crippen LogP contribution in [0.5, 0.6) is 11.5 Å². The highest BCUT2D eigenvalue weighted by Crippen LogP contribution is 2.49. The van der Waals surface area contributed by atoms with Crippen LogP contribution in [0.3, 0.4) is 0 Å². The van der Waals surface area contributed by atoms with Crippen LogP contribution in [-0.4, -0.2) is 91.7 Å². The number of hydrogen-bond donors (Lipinski definition) is 8. The fourth-order valence-corrected chi connectivity index (χ4v) is 11.8. The number of nitrogens with one attached hydrogen (secondary N) is 1. The third-order valence-corrected chi connectivity index (χ3v) is 15.2. The Kier molecular flexibility index (Phi) is 15.4. The maximum atomic E-state index is 11.3. The van der Waals surface area contributed by atoms with Crippen LogP contribution in [0.2, 0.25) is 0 Å². The molecule has 0 radical (unpaired) electrons. The van der Waals surface area contributed by atoms with Crippen molar-refractivity contribution in [1.29, 1.82) is 0 Å². The molecule has 0 amide bonds. The minimum atomic E-state index is -0.939. The van der Waals surface area contributed by atoms with Crippen molar-refractivity contribution in [3.05, 3.63) is 100 Å². The lowest BCUT2D eigenvalue weighted by Gasteiger charge is -2.41. The van der Waals surface area contributed by atoms with Crippen LogP contribution >= 0.6 is 0 Å². The van der Waals surface area contributed by atoms with Gasteiger partial charge in [-0.25, -0.2) is 0 Å². The summed E-state index contributed by atoms with van der Waals surface area (Å²) >= 11 is 0. The summed E-state index contributed by atoms with van der Waals surface area (Å²) in [6.45, 7) is 3.10. The predicted molar refractivity (Wildman–Crippen MR) is 246 cm³/mol. The topological polar surface area (TPSA) is 194 Å². The number of unbranched alkanes of at least 4 members (excludes halogenated alkanes) is 1. The molecule has 2 heterocycles. The molecule has 11 unspecified atom stereocenters. The first kappa shape index (κ1) is 45.9. The number of phenols is 1. The number of benzene rings is 2. The van der Waals surface area contributed by atoms with Gasteiger partial charge in [-0.05, 0) is 116 Å². The number of hydrogen-bond acceptors (Lipinski definition) is 10. The molecule has 8 rings (SSSR count). The normalized spacial score (nSPS) is 30.0. The van der Waals surface area contributed by atoms with Crippen LogP contribution in [0.4, 0.5) is 0 Å². The van der Waals surface area contributed by atoms with E-state index in [4.69, 9.17) is 20.2 Å². The van der Waals surface area contributed by atoms with E-state index in [1.807, 2.05) is 36.4 Å². The molecule has 0 spiro atoms. The van der Waals surface area contributed by atoms with Crippen molar-refractivity contribution in [2.45, 2.75) is 134 Å². The van der Waals surface area contributed by atoms with Crippen LogP contribution in [-0.2, 0) is 13.0 Å². The number of nitrogens with zero attached hydrogens (tertiary/aromatic N) is 1. The van der Waals surface area contributed by atoms with Crippen LogP contribution in [0, 0.1) is 47.5 Å². The number of aryl methyl sites for hydroxylation is 1. The minimum Gasteiger partial charge on any atom is -0.504 e. The van der Waals surface area contributed by atoms with Crippen molar-refractivity contribution >= 4 is 11.8 Å². The molecule has 63 heavy (non-hydrogen) atoms. The molecular weight excluding hydrogens is 795 g/mol. The van der Waals surface area contributed by atoms with Gasteiger partial charge in [0.2, 0.25) is 5.70 Å². The van der Waals surface area contributed by atoms with Gasteiger partial charge in [0.15, 0.2) is 17.6 Å². The lowest BCUT2D eigenvalue weighted by molar-refractivity contribution is -0.0553. The number of aliphatic imine (C=N–C) groups is 1. The quantitative estimate of drug-likeness (QED) is 0.0454. The van der Waals surface area contributed by atoms with Crippen molar-refractivity contribution in [1.82, 2.24) is 5.32 Å². The van der Waals surface area contributed by atoms with E-state index in [2.05, 4.69) is 23.5 Å². The maximum Gasteiger partial charge on any atom is 0.208 e. The summed E-state index contributed by atoms with van der Waals surface area (Å²) in [6, 6.07) is 11.2. The molecule has 342 valence electrons. The van der Waals surface area contributed by atoms with Crippen LogP contribution in [0.15, 0.2) is 70.9 Å². The zero-order valence-electron chi connectivity index (χ0n) is 37.1. The number of ether oxygens (including phenoxy) is 2. The number of rotatable bonds is 19. The number of fused-ring (bicyclic) bond motifs is 3. The highest BCUT2D eigenvalue weighted by atomic mass is 16.5. The molecule has 11 atom stereocenters. The van der Waals surface area contributed by atoms with E-state index in [0.717, 1.165) is 104 Å². The van der Waals surface area contributed by atoms with Crippen molar-refractivity contribution in [3.8, 4) is 11.5 Å². The minimum absolute atomic E-state index is 0.00434. The standard InChI is InChI=1S/C52H71N3O8/c1-31(58)26-54-27-44-39-7-4-6-35(39)14-19-46-43(44)25-47(55-46)49(60)30-62-51-23-33(12-20-48(51)59)9-15-38-24-37(29-57)50(63-38)8-3-2-5-32-10-17-41(45(53)22-32)42-18-13-36-21-34(28-56)11-16-40(36)52(42)61/h11-13,16,18,20-21,23-25,31-32,35,39,41-42,44-45,49-50,52,54,56-58,60-61,63H,2-10,14-15,17,19,22,26-30,53H2,1H3/p+1. The van der Waals surface area contributed by atoms with E-state index < -0.39 is 18.3 Å². The van der Waals surface area contributed by atoms with Gasteiger partial charge in [0.1, 0.15) is 30.4 Å². The fraction of sp³-hybridized carbons (Fsp3) is 0.596. The van der Waals surface area contributed by atoms with Gasteiger partial charge in [-0.15, -0.1) is 16.6 Å². The first-order valence-corrected chi connectivity index (χ1v) is 24.0. The molecule has 11 nitrogen and oxygen atoms in total. The van der Waals surface area contributed by atoms with E-state index in [0.29, 0.717) is 54.5 Å². The monoisotopic (exact) mass is 867 g/mol. The van der Waals surface area contributed by atoms with Gasteiger partial charge >= 0.3 is 0 Å². The summed E-state index contributed by atoms with van der Waals surface area (Å²) in [5, 5.41) is 66.3. The number of phenolic OH excluding ortho intramolecular Hbond substituents is 1. The van der Waals surface area contributed by atoms with E-state index in [-0.39, 0.29) is 49.6 Å². The molecule has 0 saturated heterocycles. The third kappa shape index (κ3) is 10.9. The molecule has 2 aromatic rings. The average Bonchev–Trinajstić information content (AvgIpc) is 4.02. The SMILES string of the molecule is CC(O)CNCC1[C+]2C=C(C(O)COc3cc(CC[C-]4C=C(CO)C(CCCCC5CCC(C6C=Cc7cc(CO)ccc7C6O)C(N)C5)[OH+]4)ccc3O)N=C2CCC2CCCC21. The number of aromatic hydroxyl groups is 1. The van der Waals surface area contributed by atoms with Crippen LogP contribution in [0.25, 0.3) is 6.08 Å². The number of nitrogens with two attached hydrogens (primary N) is 1. The molecule has 4 aliphatic carbocycles. The summed E-state index contributed by atoms with van der Waals surface area (Å²) in [4.78, 5) is 4.93. The Bertz CT molecular complexity index is 1980. The molecule has 11 heteroatoms. The summed E-state index contributed by atoms with van der Waals surface area (Å²) in [6.07, 6.45) is 21.7. The van der Waals surface area contributed by atoms with E-state index >= 15 is 0 Å². The van der Waals surface area contributed by atoms with Gasteiger partial charge in [0.25, 0.3) is 0 Å². The third-order valence-electron chi connectivity index (χ3n) is 15.2. The fourth-order valence-electron chi connectivity index (χ4n) is 11.8. The van der Waals surface area contributed by atoms with Gasteiger partial charge in [-0.2, -0.15) is 0 Å². The second-order valence-electron chi connectivity index (χ2n) is 19.5. The van der Waals surface area contributed by atoms with Gasteiger partial charge < -0.3 is 51.2 Å². The Balaban J connectivity index is 0.765. The maximum absolute atomic E-state index is 11.3. The molecule has 6 aliphatic rings. The Morgan fingerprint density at radius 3 is 2.65 bits per heavy atom. The molecular formula is C52H72N3O8+. The Morgan fingerprint density at radius 1 is 1.00 bits per heavy atom. The van der Waals surface area contributed by atoms with Crippen molar-refractivity contribution in [2.75, 3.05) is 26.3 Å². The molecule has 0 bridgehead atoms. The second-order valence-corrected chi connectivity index (χ2v) is 19.5. The summed E-state index contributed by atoms with van der Waals surface area (Å²) in [5.41, 5.74) is 13.2. The summed E-state index contributed by atoms with van der Waals surface area (Å²) in [7, 11) is 0. The predicted octanol–water partition coefficient (Wildman–Crippen LogP) is 6.31. The highest BCUT2D eigenvalue weighted by molar-refractivity contribution is 6.03. The van der Waals surface area contributed by atoms with Crippen LogP contribution < -0.4 is 15.8 Å². The Labute approximate surface area is 374 Å². The first-order chi connectivity index (χ1) is 30.6. The molecule has 3 fully saturated rings. The Hall–Kier alpha value is -3.65. The van der Waals surface area contributed by atoms with Gasteiger partial charge in [-0.3, -0.25) is 0 Å². The second kappa shape index (κ2) is 21.1. The lowest BCUT2D eigenvalue weighted by atomic mass is 9.68. The molecule has 10 N–H and O–H groups in total. The molecule has 2 aliphatic heterocycles. The number of aliphatic hydroxyl groups excluding tert-OH is 5. The molecule has 0 aromatic heterocycles. The smallest absolute Gasteiger partial charge is 0.208 e. The van der Waals surface area contributed by atoms with Crippen molar-refractivity contribution < 1.29 is 40.1 Å². The van der Waals surface area contributed by atoms with Gasteiger partial charge in [0.05, 0.1) is 30.8 Å². The van der Waals surface area contributed by atoms with E-state index in [9.17, 15) is 30.6 Å². The average molecular weight is 867 g/mol. The van der Waals surface area contributed by atoms with Gasteiger partial charge in [-0.1, -0.05) is 62.5 Å². The van der Waals surface area contributed by atoms with Crippen molar-refractivity contribution in [2.24, 2.45) is 46.2 Å². The number of allylic oxidation sites excluding steroid dienone is 1. The largest absolute Gasteiger partial charge is 0.504 e. The van der Waals surface area contributed by atoms with Crippen LogP contribution in [0.1, 0.15) is 119 Å². The zero-order chi connectivity index (χ0) is 44.0. The lowest BCUT2D eigenvalue weighted by Crippen LogP contribution is -2.42. The molecule has 3 saturated carbocycles. The van der Waals surface area contributed by atoms with Crippen molar-refractivity contribution in [3.63, 3.8) is 0 Å². The Morgan fingerprint density at radius 2 is 1.84 bits per heavy atom. The van der Waals surface area contributed by atoms with E-state index in [1.165, 1.54) is 25.2 Å². The summed E-state index contributed by atoms with van der Waals surface area (Å²) < 4.78 is 11.1.